The maximum atomic E-state index is 13.8. The zero-order valence-electron chi connectivity index (χ0n) is 11.6. The highest BCUT2D eigenvalue weighted by molar-refractivity contribution is 5.91. The summed E-state index contributed by atoms with van der Waals surface area (Å²) in [5.41, 5.74) is 5.96. The van der Waals surface area contributed by atoms with Crippen molar-refractivity contribution >= 4 is 17.3 Å². The Balaban J connectivity index is 2.33. The van der Waals surface area contributed by atoms with Crippen LogP contribution in [0.1, 0.15) is 30.1 Å². The summed E-state index contributed by atoms with van der Waals surface area (Å²) < 4.78 is 19.3. The molecule has 0 aliphatic carbocycles. The number of anilines is 2. The van der Waals surface area contributed by atoms with Crippen LogP contribution in [0.4, 0.5) is 15.8 Å². The minimum Gasteiger partial charge on any atom is -0.478 e. The van der Waals surface area contributed by atoms with Crippen molar-refractivity contribution in [1.82, 2.24) is 0 Å². The summed E-state index contributed by atoms with van der Waals surface area (Å²) in [7, 11) is 1.65. The highest BCUT2D eigenvalue weighted by atomic mass is 19.1. The third-order valence-electron chi connectivity index (χ3n) is 3.84. The Bertz CT molecular complexity index is 535. The molecule has 0 bridgehead atoms. The molecule has 1 atom stereocenters. The molecule has 0 aromatic heterocycles. The van der Waals surface area contributed by atoms with E-state index in [-0.39, 0.29) is 11.3 Å². The molecule has 20 heavy (non-hydrogen) atoms. The quantitative estimate of drug-likeness (QED) is 0.830. The maximum absolute atomic E-state index is 13.8. The molecular formula is C14H19FN2O3. The van der Waals surface area contributed by atoms with Crippen LogP contribution in [0.15, 0.2) is 12.1 Å². The number of hydrogen-bond acceptors (Lipinski definition) is 4. The van der Waals surface area contributed by atoms with Gasteiger partial charge in [-0.3, -0.25) is 0 Å². The van der Waals surface area contributed by atoms with Gasteiger partial charge in [-0.15, -0.1) is 0 Å². The molecule has 3 N–H and O–H groups in total. The van der Waals surface area contributed by atoms with Crippen molar-refractivity contribution in [2.24, 2.45) is 0 Å². The number of ether oxygens (including phenoxy) is 1. The van der Waals surface area contributed by atoms with Crippen molar-refractivity contribution in [2.75, 3.05) is 30.8 Å². The molecule has 0 amide bonds. The Kier molecular flexibility index (Phi) is 3.85. The number of piperidine rings is 1. The highest BCUT2D eigenvalue weighted by Gasteiger charge is 2.32. The Labute approximate surface area is 117 Å². The number of aromatic carboxylic acids is 1. The van der Waals surface area contributed by atoms with Gasteiger partial charge in [-0.1, -0.05) is 0 Å². The van der Waals surface area contributed by atoms with E-state index in [1.165, 1.54) is 12.1 Å². The van der Waals surface area contributed by atoms with Crippen molar-refractivity contribution < 1.29 is 19.0 Å². The summed E-state index contributed by atoms with van der Waals surface area (Å²) in [4.78, 5) is 12.8. The molecule has 0 spiro atoms. The van der Waals surface area contributed by atoms with Crippen LogP contribution in [0.3, 0.4) is 0 Å². The SMILES string of the molecule is COC1(C)CCCN(c2cc(F)c(C(=O)O)cc2N)C1. The van der Waals surface area contributed by atoms with E-state index in [1.807, 2.05) is 11.8 Å². The van der Waals surface area contributed by atoms with Crippen molar-refractivity contribution in [1.29, 1.82) is 0 Å². The fraction of sp³-hybridized carbons (Fsp3) is 0.500. The summed E-state index contributed by atoms with van der Waals surface area (Å²) >= 11 is 0. The molecule has 2 rings (SSSR count). The smallest absolute Gasteiger partial charge is 0.338 e. The number of carbonyl (C=O) groups is 1. The van der Waals surface area contributed by atoms with E-state index >= 15 is 0 Å². The van der Waals surface area contributed by atoms with Gasteiger partial charge in [0, 0.05) is 26.3 Å². The monoisotopic (exact) mass is 282 g/mol. The van der Waals surface area contributed by atoms with E-state index < -0.39 is 17.3 Å². The van der Waals surface area contributed by atoms with Crippen molar-refractivity contribution in [3.05, 3.63) is 23.5 Å². The second-order valence-corrected chi connectivity index (χ2v) is 5.38. The highest BCUT2D eigenvalue weighted by Crippen LogP contribution is 2.32. The number of rotatable bonds is 3. The summed E-state index contributed by atoms with van der Waals surface area (Å²) in [6, 6.07) is 2.37. The molecule has 1 aromatic carbocycles. The maximum Gasteiger partial charge on any atom is 0.338 e. The number of hydrogen-bond donors (Lipinski definition) is 2. The molecule has 1 aliphatic heterocycles. The van der Waals surface area contributed by atoms with Crippen molar-refractivity contribution in [2.45, 2.75) is 25.4 Å². The summed E-state index contributed by atoms with van der Waals surface area (Å²) in [5, 5.41) is 8.88. The van der Waals surface area contributed by atoms with Crippen molar-refractivity contribution in [3.8, 4) is 0 Å². The molecule has 5 nitrogen and oxygen atoms in total. The Morgan fingerprint density at radius 1 is 1.55 bits per heavy atom. The lowest BCUT2D eigenvalue weighted by Gasteiger charge is -2.41. The number of nitrogen functional groups attached to an aromatic ring is 1. The molecule has 0 saturated carbocycles. The normalized spacial score (nSPS) is 22.9. The van der Waals surface area contributed by atoms with Gasteiger partial charge < -0.3 is 20.5 Å². The summed E-state index contributed by atoms with van der Waals surface area (Å²) in [6.07, 6.45) is 1.83. The largest absolute Gasteiger partial charge is 0.478 e. The van der Waals surface area contributed by atoms with Gasteiger partial charge in [-0.25, -0.2) is 9.18 Å². The lowest BCUT2D eigenvalue weighted by atomic mass is 9.94. The number of carboxylic acid groups (broad SMARTS) is 1. The van der Waals surface area contributed by atoms with Gasteiger partial charge >= 0.3 is 5.97 Å². The number of nitrogens with zero attached hydrogens (tertiary/aromatic N) is 1. The van der Waals surface area contributed by atoms with Gasteiger partial charge in [0.1, 0.15) is 5.82 Å². The van der Waals surface area contributed by atoms with Crippen LogP contribution >= 0.6 is 0 Å². The molecule has 1 unspecified atom stereocenters. The summed E-state index contributed by atoms with van der Waals surface area (Å²) in [6.45, 7) is 3.34. The van der Waals surface area contributed by atoms with Crippen LogP contribution in [-0.4, -0.2) is 36.9 Å². The first kappa shape index (κ1) is 14.6. The first-order valence-corrected chi connectivity index (χ1v) is 6.49. The second kappa shape index (κ2) is 5.28. The molecule has 1 saturated heterocycles. The predicted molar refractivity (Wildman–Crippen MR) is 74.6 cm³/mol. The van der Waals surface area contributed by atoms with Gasteiger partial charge in [-0.2, -0.15) is 0 Å². The number of halogens is 1. The molecule has 1 fully saturated rings. The number of nitrogens with two attached hydrogens (primary N) is 1. The minimum atomic E-state index is -1.32. The third kappa shape index (κ3) is 2.70. The van der Waals surface area contributed by atoms with E-state index in [4.69, 9.17) is 15.6 Å². The fourth-order valence-corrected chi connectivity index (χ4v) is 2.60. The van der Waals surface area contributed by atoms with Crippen LogP contribution in [0.5, 0.6) is 0 Å². The van der Waals surface area contributed by atoms with Gasteiger partial charge in [0.25, 0.3) is 0 Å². The van der Waals surface area contributed by atoms with Gasteiger partial charge in [0.15, 0.2) is 0 Å². The molecule has 1 aliphatic rings. The molecule has 1 aromatic rings. The fourth-order valence-electron chi connectivity index (χ4n) is 2.60. The molecule has 110 valence electrons. The molecule has 6 heteroatoms. The second-order valence-electron chi connectivity index (χ2n) is 5.38. The number of carboxylic acids is 1. The predicted octanol–water partition coefficient (Wildman–Crippen LogP) is 2.11. The van der Waals surface area contributed by atoms with Crippen LogP contribution in [0.2, 0.25) is 0 Å². The van der Waals surface area contributed by atoms with E-state index in [2.05, 4.69) is 0 Å². The first-order chi connectivity index (χ1) is 9.36. The standard InChI is InChI=1S/C14H19FN2O3/c1-14(20-2)4-3-5-17(8-14)12-7-10(15)9(13(18)19)6-11(12)16/h6-7H,3-5,8,16H2,1-2H3,(H,18,19). The van der Waals surface area contributed by atoms with Gasteiger partial charge in [-0.05, 0) is 25.8 Å². The van der Waals surface area contributed by atoms with E-state index in [9.17, 15) is 9.18 Å². The van der Waals surface area contributed by atoms with Gasteiger partial charge in [0.2, 0.25) is 0 Å². The Morgan fingerprint density at radius 3 is 2.85 bits per heavy atom. The van der Waals surface area contributed by atoms with Gasteiger partial charge in [0.05, 0.1) is 22.5 Å². The lowest BCUT2D eigenvalue weighted by molar-refractivity contribution is -0.00464. The third-order valence-corrected chi connectivity index (χ3v) is 3.84. The zero-order chi connectivity index (χ0) is 14.9. The average molecular weight is 282 g/mol. The topological polar surface area (TPSA) is 75.8 Å². The minimum absolute atomic E-state index is 0.268. The first-order valence-electron chi connectivity index (χ1n) is 6.49. The van der Waals surface area contributed by atoms with Crippen LogP contribution in [0, 0.1) is 5.82 Å². The number of benzene rings is 1. The molecular weight excluding hydrogens is 263 g/mol. The average Bonchev–Trinajstić information content (AvgIpc) is 2.40. The van der Waals surface area contributed by atoms with Crippen LogP contribution in [0.25, 0.3) is 0 Å². The van der Waals surface area contributed by atoms with E-state index in [1.54, 1.807) is 7.11 Å². The summed E-state index contributed by atoms with van der Waals surface area (Å²) in [5.74, 6) is -2.09. The Hall–Kier alpha value is -1.82. The van der Waals surface area contributed by atoms with Crippen LogP contribution in [-0.2, 0) is 4.74 Å². The van der Waals surface area contributed by atoms with E-state index in [0.29, 0.717) is 12.2 Å². The van der Waals surface area contributed by atoms with Crippen LogP contribution < -0.4 is 10.6 Å². The van der Waals surface area contributed by atoms with Crippen molar-refractivity contribution in [3.63, 3.8) is 0 Å². The lowest BCUT2D eigenvalue weighted by Crippen LogP contribution is -2.47. The molecule has 1 heterocycles. The molecule has 0 radical (unpaired) electrons. The van der Waals surface area contributed by atoms with E-state index in [0.717, 1.165) is 19.4 Å². The zero-order valence-corrected chi connectivity index (χ0v) is 11.6. The number of methoxy groups -OCH3 is 1. The Morgan fingerprint density at radius 2 is 2.25 bits per heavy atom.